The molecule has 0 aliphatic carbocycles. The van der Waals surface area contributed by atoms with Crippen molar-refractivity contribution >= 4 is 27.6 Å². The van der Waals surface area contributed by atoms with E-state index in [0.717, 1.165) is 84.1 Å². The number of aromatic amines is 1. The minimum absolute atomic E-state index is 0.298. The van der Waals surface area contributed by atoms with Gasteiger partial charge in [-0.25, -0.2) is 13.8 Å². The van der Waals surface area contributed by atoms with Crippen LogP contribution in [-0.2, 0) is 6.42 Å². The summed E-state index contributed by atoms with van der Waals surface area (Å²) in [4.78, 5) is 16.8. The Kier molecular flexibility index (Phi) is 7.94. The quantitative estimate of drug-likeness (QED) is 0.221. The first-order chi connectivity index (χ1) is 20.0. The van der Waals surface area contributed by atoms with E-state index in [4.69, 9.17) is 0 Å². The number of nitrogens with one attached hydrogen (secondary N) is 2. The summed E-state index contributed by atoms with van der Waals surface area (Å²) < 4.78 is 29.6. The molecule has 41 heavy (non-hydrogen) atoms. The summed E-state index contributed by atoms with van der Waals surface area (Å²) in [5, 5.41) is 5.35. The normalized spacial score (nSPS) is 14.0. The highest BCUT2D eigenvalue weighted by atomic mass is 19.2. The van der Waals surface area contributed by atoms with Crippen LogP contribution in [0.4, 0.5) is 14.5 Å². The molecule has 3 aromatic heterocycles. The zero-order chi connectivity index (χ0) is 28.3. The van der Waals surface area contributed by atoms with E-state index in [9.17, 15) is 8.78 Å². The number of fused-ring (bicyclic) bond motifs is 2. The van der Waals surface area contributed by atoms with Gasteiger partial charge in [-0.15, -0.1) is 0 Å². The van der Waals surface area contributed by atoms with E-state index in [2.05, 4.69) is 63.4 Å². The van der Waals surface area contributed by atoms with Gasteiger partial charge >= 0.3 is 0 Å². The van der Waals surface area contributed by atoms with Gasteiger partial charge in [0.25, 0.3) is 0 Å². The number of hydrogen-bond donors (Lipinski definition) is 2. The second-order valence-corrected chi connectivity index (χ2v) is 11.0. The molecule has 1 aliphatic heterocycles. The molecule has 0 spiro atoms. The Morgan fingerprint density at radius 3 is 2.59 bits per heavy atom. The van der Waals surface area contributed by atoms with Gasteiger partial charge in [0.05, 0.1) is 11.2 Å². The van der Waals surface area contributed by atoms with Gasteiger partial charge in [0.2, 0.25) is 0 Å². The second kappa shape index (κ2) is 11.9. The number of anilines is 1. The van der Waals surface area contributed by atoms with Gasteiger partial charge in [-0.1, -0.05) is 13.0 Å². The Balaban J connectivity index is 1.34. The molecule has 0 atom stereocenters. The largest absolute Gasteiger partial charge is 0.367 e. The van der Waals surface area contributed by atoms with Crippen LogP contribution in [0.25, 0.3) is 44.2 Å². The fourth-order valence-corrected chi connectivity index (χ4v) is 5.90. The highest BCUT2D eigenvalue weighted by Crippen LogP contribution is 2.35. The molecule has 6 rings (SSSR count). The summed E-state index contributed by atoms with van der Waals surface area (Å²) >= 11 is 0. The number of H-pyrrole nitrogens is 1. The Morgan fingerprint density at radius 2 is 1.76 bits per heavy atom. The number of piperazine rings is 1. The van der Waals surface area contributed by atoms with Crippen molar-refractivity contribution in [3.05, 3.63) is 78.3 Å². The zero-order valence-electron chi connectivity index (χ0n) is 23.7. The lowest BCUT2D eigenvalue weighted by molar-refractivity contribution is 0.330. The molecule has 8 heteroatoms. The van der Waals surface area contributed by atoms with Crippen LogP contribution in [0.15, 0.2) is 61.1 Å². The number of rotatable bonds is 9. The fraction of sp³-hybridized carbons (Fsp3) is 0.333. The van der Waals surface area contributed by atoms with E-state index in [1.54, 1.807) is 12.3 Å². The molecule has 0 unspecified atom stereocenters. The smallest absolute Gasteiger partial charge is 0.182 e. The monoisotopic (exact) mass is 554 g/mol. The molecule has 1 saturated heterocycles. The number of halogens is 2. The second-order valence-electron chi connectivity index (χ2n) is 11.0. The Hall–Kier alpha value is -3.88. The highest BCUT2D eigenvalue weighted by Gasteiger charge is 2.20. The van der Waals surface area contributed by atoms with Gasteiger partial charge in [0, 0.05) is 66.7 Å². The third-order valence-electron chi connectivity index (χ3n) is 8.07. The lowest BCUT2D eigenvalue weighted by Crippen LogP contribution is -2.44. The number of aromatic nitrogens is 3. The lowest BCUT2D eigenvalue weighted by atomic mass is 9.98. The van der Waals surface area contributed by atoms with Crippen LogP contribution in [0.2, 0.25) is 0 Å². The van der Waals surface area contributed by atoms with Crippen molar-refractivity contribution in [1.29, 1.82) is 0 Å². The summed E-state index contributed by atoms with van der Waals surface area (Å²) in [6.07, 6.45) is 8.81. The molecule has 0 saturated carbocycles. The van der Waals surface area contributed by atoms with Crippen molar-refractivity contribution < 1.29 is 8.78 Å². The third kappa shape index (κ3) is 5.67. The summed E-state index contributed by atoms with van der Waals surface area (Å²) in [6.45, 7) is 7.13. The van der Waals surface area contributed by atoms with Crippen LogP contribution < -0.4 is 10.2 Å². The van der Waals surface area contributed by atoms with E-state index in [0.29, 0.717) is 24.3 Å². The molecule has 6 nitrogen and oxygen atoms in total. The number of aryl methyl sites for hydroxylation is 1. The molecule has 0 bridgehead atoms. The maximum absolute atomic E-state index is 14.8. The van der Waals surface area contributed by atoms with Gasteiger partial charge in [-0.2, -0.15) is 0 Å². The summed E-state index contributed by atoms with van der Waals surface area (Å²) in [5.41, 5.74) is 6.75. The molecule has 1 fully saturated rings. The van der Waals surface area contributed by atoms with E-state index < -0.39 is 11.6 Å². The van der Waals surface area contributed by atoms with Crippen LogP contribution >= 0.6 is 0 Å². The van der Waals surface area contributed by atoms with Gasteiger partial charge in [-0.3, -0.25) is 4.98 Å². The molecular formula is C33H36F2N6. The van der Waals surface area contributed by atoms with E-state index in [-0.39, 0.29) is 0 Å². The first kappa shape index (κ1) is 27.3. The third-order valence-corrected chi connectivity index (χ3v) is 8.07. The Labute approximate surface area is 239 Å². The number of benzene rings is 2. The zero-order valence-corrected chi connectivity index (χ0v) is 23.7. The SMILES string of the molecule is CCCN(C)CCCc1ccnc2ccc(-c3c[nH]c4ncc(-c5cc(F)c(F)c(N6CCNCC6)c5)cc34)cc12. The van der Waals surface area contributed by atoms with E-state index >= 15 is 0 Å². The fourth-order valence-electron chi connectivity index (χ4n) is 5.90. The molecular weight excluding hydrogens is 518 g/mol. The molecule has 1 aliphatic rings. The maximum atomic E-state index is 14.8. The van der Waals surface area contributed by atoms with Crippen LogP contribution in [0.3, 0.4) is 0 Å². The minimum atomic E-state index is -0.846. The van der Waals surface area contributed by atoms with Crippen LogP contribution in [0.5, 0.6) is 0 Å². The Bertz CT molecular complexity index is 1670. The van der Waals surface area contributed by atoms with Crippen molar-refractivity contribution in [3.8, 4) is 22.3 Å². The van der Waals surface area contributed by atoms with E-state index in [1.807, 2.05) is 23.4 Å². The minimum Gasteiger partial charge on any atom is -0.367 e. The molecule has 2 N–H and O–H groups in total. The van der Waals surface area contributed by atoms with E-state index in [1.165, 1.54) is 11.6 Å². The number of hydrogen-bond acceptors (Lipinski definition) is 5. The standard InChI is InChI=1S/C33H36F2N6/c1-3-12-40(2)13-4-5-22-8-9-37-30-7-6-23(16-26(22)30)28-21-39-33-27(28)17-25(20-38-33)24-18-29(34)32(35)31(19-24)41-14-10-36-11-15-41/h6-9,16-21,36H,3-5,10-15H2,1-2H3,(H,38,39). The number of pyridine rings is 2. The highest BCUT2D eigenvalue weighted by molar-refractivity contribution is 5.98. The summed E-state index contributed by atoms with van der Waals surface area (Å²) in [7, 11) is 2.18. The van der Waals surface area contributed by atoms with Crippen LogP contribution in [-0.4, -0.2) is 66.2 Å². The summed E-state index contributed by atoms with van der Waals surface area (Å²) in [5.74, 6) is -1.65. The molecule has 2 aromatic carbocycles. The van der Waals surface area contributed by atoms with Gasteiger partial charge in [0.1, 0.15) is 5.65 Å². The average molecular weight is 555 g/mol. The van der Waals surface area contributed by atoms with Crippen molar-refractivity contribution in [2.45, 2.75) is 26.2 Å². The average Bonchev–Trinajstić information content (AvgIpc) is 3.42. The topological polar surface area (TPSA) is 60.1 Å². The van der Waals surface area contributed by atoms with Crippen molar-refractivity contribution in [2.75, 3.05) is 51.2 Å². The van der Waals surface area contributed by atoms with Crippen LogP contribution in [0, 0.1) is 11.6 Å². The molecule has 5 aromatic rings. The molecule has 0 radical (unpaired) electrons. The van der Waals surface area contributed by atoms with Crippen LogP contribution in [0.1, 0.15) is 25.3 Å². The predicted molar refractivity (Wildman–Crippen MR) is 163 cm³/mol. The number of nitrogens with zero attached hydrogens (tertiary/aromatic N) is 4. The Morgan fingerprint density at radius 1 is 0.927 bits per heavy atom. The van der Waals surface area contributed by atoms with Crippen molar-refractivity contribution in [2.24, 2.45) is 0 Å². The molecule has 4 heterocycles. The predicted octanol–water partition coefficient (Wildman–Crippen LogP) is 6.41. The van der Waals surface area contributed by atoms with Crippen molar-refractivity contribution in [3.63, 3.8) is 0 Å². The first-order valence-corrected chi connectivity index (χ1v) is 14.5. The molecule has 0 amide bonds. The maximum Gasteiger partial charge on any atom is 0.182 e. The first-order valence-electron chi connectivity index (χ1n) is 14.5. The van der Waals surface area contributed by atoms with Crippen molar-refractivity contribution in [1.82, 2.24) is 25.2 Å². The molecule has 212 valence electrons. The van der Waals surface area contributed by atoms with Gasteiger partial charge in [-0.05, 0) is 92.5 Å². The van der Waals surface area contributed by atoms with Gasteiger partial charge < -0.3 is 20.1 Å². The summed E-state index contributed by atoms with van der Waals surface area (Å²) in [6, 6.07) is 13.5. The lowest BCUT2D eigenvalue weighted by Gasteiger charge is -2.30. The van der Waals surface area contributed by atoms with Gasteiger partial charge in [0.15, 0.2) is 11.6 Å².